The Morgan fingerprint density at radius 3 is 2.77 bits per heavy atom. The molecule has 0 radical (unpaired) electrons. The molecule has 4 rings (SSSR count). The highest BCUT2D eigenvalue weighted by Gasteiger charge is 2.44. The Morgan fingerprint density at radius 1 is 1.14 bits per heavy atom. The van der Waals surface area contributed by atoms with E-state index < -0.39 is 6.29 Å². The zero-order valence-corrected chi connectivity index (χ0v) is 11.7. The van der Waals surface area contributed by atoms with Gasteiger partial charge in [-0.25, -0.2) is 0 Å². The highest BCUT2D eigenvalue weighted by atomic mass is 19.3. The van der Waals surface area contributed by atoms with Crippen molar-refractivity contribution in [1.29, 1.82) is 0 Å². The van der Waals surface area contributed by atoms with Gasteiger partial charge in [-0.05, 0) is 18.2 Å². The predicted octanol–water partition coefficient (Wildman–Crippen LogP) is 3.00. The molecule has 0 atom stereocenters. The van der Waals surface area contributed by atoms with E-state index in [4.69, 9.17) is 0 Å². The number of hydrogen-bond donors (Lipinski definition) is 0. The van der Waals surface area contributed by atoms with Crippen molar-refractivity contribution >= 4 is 0 Å². The number of halogens is 2. The van der Waals surface area contributed by atoms with Crippen LogP contribution in [0.5, 0.6) is 11.5 Å². The topological polar surface area (TPSA) is 34.6 Å². The smallest absolute Gasteiger partial charge is 0.395 e. The van der Waals surface area contributed by atoms with E-state index in [1.54, 1.807) is 18.3 Å². The molecule has 6 heteroatoms. The zero-order chi connectivity index (χ0) is 15.2. The second-order valence-corrected chi connectivity index (χ2v) is 5.56. The summed E-state index contributed by atoms with van der Waals surface area (Å²) >= 11 is 0. The molecule has 0 unspecified atom stereocenters. The Bertz CT molecular complexity index is 688. The molecule has 3 heterocycles. The average molecular weight is 304 g/mol. The maximum atomic E-state index is 13.2. The van der Waals surface area contributed by atoms with E-state index in [1.165, 1.54) is 6.07 Å². The van der Waals surface area contributed by atoms with Gasteiger partial charge in [0.15, 0.2) is 11.5 Å². The molecule has 0 N–H and O–H groups in total. The third-order valence-corrected chi connectivity index (χ3v) is 3.97. The van der Waals surface area contributed by atoms with E-state index >= 15 is 0 Å². The molecule has 22 heavy (non-hydrogen) atoms. The van der Waals surface area contributed by atoms with Gasteiger partial charge in [0.25, 0.3) is 0 Å². The summed E-state index contributed by atoms with van der Waals surface area (Å²) in [5.74, 6) is 0.648. The van der Waals surface area contributed by atoms with Gasteiger partial charge in [-0.1, -0.05) is 18.2 Å². The van der Waals surface area contributed by atoms with Crippen molar-refractivity contribution in [2.75, 3.05) is 13.1 Å². The van der Waals surface area contributed by atoms with Crippen LogP contribution in [0.4, 0.5) is 8.78 Å². The molecule has 1 fully saturated rings. The molecule has 4 nitrogen and oxygen atoms in total. The molecule has 0 saturated carbocycles. The lowest BCUT2D eigenvalue weighted by Gasteiger charge is -2.39. The minimum absolute atomic E-state index is 0.101. The van der Waals surface area contributed by atoms with Gasteiger partial charge in [-0.15, -0.1) is 8.78 Å². The van der Waals surface area contributed by atoms with Crippen molar-refractivity contribution in [2.24, 2.45) is 0 Å². The van der Waals surface area contributed by atoms with Gasteiger partial charge in [0.05, 0.1) is 0 Å². The number of para-hydroxylation sites is 1. The van der Waals surface area contributed by atoms with E-state index in [1.807, 2.05) is 18.2 Å². The number of pyridine rings is 1. The van der Waals surface area contributed by atoms with Crippen LogP contribution in [-0.2, 0) is 6.54 Å². The number of rotatable bonds is 3. The first-order valence-electron chi connectivity index (χ1n) is 7.12. The predicted molar refractivity (Wildman–Crippen MR) is 74.9 cm³/mol. The number of fused-ring (bicyclic) bond motifs is 1. The van der Waals surface area contributed by atoms with Crippen LogP contribution in [0.25, 0.3) is 0 Å². The monoisotopic (exact) mass is 304 g/mol. The fraction of sp³-hybridized carbons (Fsp3) is 0.312. The fourth-order valence-corrected chi connectivity index (χ4v) is 2.89. The highest BCUT2D eigenvalue weighted by Crippen LogP contribution is 2.44. The molecule has 2 aromatic rings. The Labute approximate surface area is 126 Å². The Balaban J connectivity index is 1.44. The van der Waals surface area contributed by atoms with Gasteiger partial charge in [-0.3, -0.25) is 9.88 Å². The molecule has 0 bridgehead atoms. The number of ether oxygens (including phenoxy) is 2. The van der Waals surface area contributed by atoms with Crippen LogP contribution >= 0.6 is 0 Å². The van der Waals surface area contributed by atoms with E-state index in [0.29, 0.717) is 18.0 Å². The number of benzene rings is 1. The summed E-state index contributed by atoms with van der Waals surface area (Å²) in [6, 6.07) is 10.9. The first-order chi connectivity index (χ1) is 10.6. The molecule has 1 aromatic carbocycles. The molecule has 114 valence electrons. The fourth-order valence-electron chi connectivity index (χ4n) is 2.89. The van der Waals surface area contributed by atoms with E-state index in [2.05, 4.69) is 19.4 Å². The average Bonchev–Trinajstić information content (AvgIpc) is 2.78. The lowest BCUT2D eigenvalue weighted by molar-refractivity contribution is -0.287. The van der Waals surface area contributed by atoms with Gasteiger partial charge >= 0.3 is 6.29 Å². The number of nitrogens with zero attached hydrogens (tertiary/aromatic N) is 2. The standard InChI is InChI=1S/C16H14F2N2O2/c17-16(18)21-14-6-3-4-11(15(14)22-16)8-20-9-12(10-20)13-5-1-2-7-19-13/h1-7,12H,8-10H2. The second-order valence-electron chi connectivity index (χ2n) is 5.56. The molecule has 0 spiro atoms. The first-order valence-corrected chi connectivity index (χ1v) is 7.12. The molecule has 0 amide bonds. The molecule has 1 aromatic heterocycles. The van der Waals surface area contributed by atoms with Gasteiger partial charge in [0.1, 0.15) is 0 Å². The van der Waals surface area contributed by atoms with Crippen LogP contribution in [-0.4, -0.2) is 29.3 Å². The highest BCUT2D eigenvalue weighted by molar-refractivity contribution is 5.48. The normalized spacial score (nSPS) is 19.9. The molecule has 1 saturated heterocycles. The number of alkyl halides is 2. The van der Waals surface area contributed by atoms with Crippen LogP contribution < -0.4 is 9.47 Å². The molecule has 2 aliphatic heterocycles. The zero-order valence-electron chi connectivity index (χ0n) is 11.7. The van der Waals surface area contributed by atoms with Crippen LogP contribution in [0, 0.1) is 0 Å². The van der Waals surface area contributed by atoms with Crippen LogP contribution in [0.1, 0.15) is 17.2 Å². The minimum atomic E-state index is -3.57. The maximum absolute atomic E-state index is 13.2. The summed E-state index contributed by atoms with van der Waals surface area (Å²) in [6.07, 6.45) is -1.78. The summed E-state index contributed by atoms with van der Waals surface area (Å²) in [6.45, 7) is 2.28. The van der Waals surface area contributed by atoms with Gasteiger partial charge < -0.3 is 9.47 Å². The van der Waals surface area contributed by atoms with Crippen molar-refractivity contribution in [3.05, 3.63) is 53.9 Å². The number of aromatic nitrogens is 1. The Morgan fingerprint density at radius 2 is 2.00 bits per heavy atom. The lowest BCUT2D eigenvalue weighted by Crippen LogP contribution is -2.44. The van der Waals surface area contributed by atoms with Crippen molar-refractivity contribution in [3.63, 3.8) is 0 Å². The van der Waals surface area contributed by atoms with E-state index in [-0.39, 0.29) is 11.5 Å². The van der Waals surface area contributed by atoms with Crippen molar-refractivity contribution in [1.82, 2.24) is 9.88 Å². The largest absolute Gasteiger partial charge is 0.586 e. The third kappa shape index (κ3) is 2.39. The SMILES string of the molecule is FC1(F)Oc2cccc(CN3CC(c4ccccn4)C3)c2O1. The molecule has 0 aliphatic carbocycles. The summed E-state index contributed by atoms with van der Waals surface area (Å²) < 4.78 is 35.4. The second kappa shape index (κ2) is 4.91. The summed E-state index contributed by atoms with van der Waals surface area (Å²) in [5, 5.41) is 0. The van der Waals surface area contributed by atoms with Gasteiger partial charge in [0.2, 0.25) is 0 Å². The van der Waals surface area contributed by atoms with Gasteiger partial charge in [0, 0.05) is 43.0 Å². The first kappa shape index (κ1) is 13.5. The number of hydrogen-bond acceptors (Lipinski definition) is 4. The van der Waals surface area contributed by atoms with Crippen molar-refractivity contribution < 1.29 is 18.3 Å². The minimum Gasteiger partial charge on any atom is -0.395 e. The molecular weight excluding hydrogens is 290 g/mol. The van der Waals surface area contributed by atoms with Crippen LogP contribution in [0.15, 0.2) is 42.6 Å². The molecular formula is C16H14F2N2O2. The van der Waals surface area contributed by atoms with E-state index in [0.717, 1.165) is 18.8 Å². The lowest BCUT2D eigenvalue weighted by atomic mass is 9.95. The van der Waals surface area contributed by atoms with E-state index in [9.17, 15) is 8.78 Å². The third-order valence-electron chi connectivity index (χ3n) is 3.97. The Kier molecular flexibility index (Phi) is 3.00. The van der Waals surface area contributed by atoms with Crippen molar-refractivity contribution in [2.45, 2.75) is 18.8 Å². The van der Waals surface area contributed by atoms with Gasteiger partial charge in [-0.2, -0.15) is 0 Å². The molecule has 2 aliphatic rings. The summed E-state index contributed by atoms with van der Waals surface area (Å²) in [7, 11) is 0. The van der Waals surface area contributed by atoms with Crippen LogP contribution in [0.3, 0.4) is 0 Å². The summed E-state index contributed by atoms with van der Waals surface area (Å²) in [4.78, 5) is 6.52. The van der Waals surface area contributed by atoms with Crippen LogP contribution in [0.2, 0.25) is 0 Å². The number of likely N-dealkylation sites (tertiary alicyclic amines) is 1. The quantitative estimate of drug-likeness (QED) is 0.873. The Hall–Kier alpha value is -2.21. The summed E-state index contributed by atoms with van der Waals surface area (Å²) in [5.41, 5.74) is 1.79. The maximum Gasteiger partial charge on any atom is 0.586 e. The van der Waals surface area contributed by atoms with Crippen molar-refractivity contribution in [3.8, 4) is 11.5 Å².